The zero-order chi connectivity index (χ0) is 14.7. The Morgan fingerprint density at radius 2 is 1.90 bits per heavy atom. The molecule has 1 aromatic rings. The van der Waals surface area contributed by atoms with E-state index in [9.17, 15) is 4.79 Å². The van der Waals surface area contributed by atoms with Crippen LogP contribution in [-0.4, -0.2) is 28.9 Å². The lowest BCUT2D eigenvalue weighted by molar-refractivity contribution is 0.0472. The third kappa shape index (κ3) is 3.10. The SMILES string of the molecule is NCc1cc(C(=O)N2CCC3(CCCCC3)CC2)ccn1. The number of nitrogens with zero attached hydrogens (tertiary/aromatic N) is 2. The van der Waals surface area contributed by atoms with E-state index in [-0.39, 0.29) is 5.91 Å². The Morgan fingerprint density at radius 3 is 2.57 bits per heavy atom. The first kappa shape index (κ1) is 14.5. The molecule has 1 aromatic heterocycles. The molecule has 1 spiro atoms. The highest BCUT2D eigenvalue weighted by molar-refractivity contribution is 5.94. The van der Waals surface area contributed by atoms with Crippen molar-refractivity contribution in [3.05, 3.63) is 29.6 Å². The van der Waals surface area contributed by atoms with Crippen LogP contribution in [0.5, 0.6) is 0 Å². The molecule has 0 unspecified atom stereocenters. The van der Waals surface area contributed by atoms with Crippen molar-refractivity contribution in [1.82, 2.24) is 9.88 Å². The summed E-state index contributed by atoms with van der Waals surface area (Å²) in [6.07, 6.45) is 10.9. The third-order valence-electron chi connectivity index (χ3n) is 5.30. The number of pyridine rings is 1. The maximum absolute atomic E-state index is 12.6. The van der Waals surface area contributed by atoms with Gasteiger partial charge in [0.25, 0.3) is 5.91 Å². The molecule has 2 heterocycles. The lowest BCUT2D eigenvalue weighted by atomic mass is 9.68. The Labute approximate surface area is 126 Å². The lowest BCUT2D eigenvalue weighted by Gasteiger charge is -2.44. The largest absolute Gasteiger partial charge is 0.339 e. The van der Waals surface area contributed by atoms with E-state index in [1.807, 2.05) is 11.0 Å². The van der Waals surface area contributed by atoms with Crippen molar-refractivity contribution in [3.63, 3.8) is 0 Å². The first-order chi connectivity index (χ1) is 10.2. The molecule has 0 aromatic carbocycles. The summed E-state index contributed by atoms with van der Waals surface area (Å²) in [5.41, 5.74) is 7.65. The van der Waals surface area contributed by atoms with E-state index >= 15 is 0 Å². The van der Waals surface area contributed by atoms with Gasteiger partial charge in [0, 0.05) is 31.4 Å². The fraction of sp³-hybridized carbons (Fsp3) is 0.647. The molecule has 3 rings (SSSR count). The number of carbonyl (C=O) groups excluding carboxylic acids is 1. The van der Waals surface area contributed by atoms with Crippen molar-refractivity contribution in [2.24, 2.45) is 11.1 Å². The zero-order valence-corrected chi connectivity index (χ0v) is 12.7. The summed E-state index contributed by atoms with van der Waals surface area (Å²) in [5, 5.41) is 0. The lowest BCUT2D eigenvalue weighted by Crippen LogP contribution is -2.43. The molecule has 2 aliphatic rings. The van der Waals surface area contributed by atoms with E-state index in [0.29, 0.717) is 12.0 Å². The number of amides is 1. The Morgan fingerprint density at radius 1 is 1.19 bits per heavy atom. The molecule has 1 aliphatic carbocycles. The molecule has 1 aliphatic heterocycles. The number of hydrogen-bond acceptors (Lipinski definition) is 3. The predicted molar refractivity (Wildman–Crippen MR) is 82.8 cm³/mol. The molecule has 2 N–H and O–H groups in total. The van der Waals surface area contributed by atoms with Crippen molar-refractivity contribution in [2.75, 3.05) is 13.1 Å². The molecule has 0 atom stereocenters. The van der Waals surface area contributed by atoms with E-state index in [4.69, 9.17) is 5.73 Å². The highest BCUT2D eigenvalue weighted by atomic mass is 16.2. The van der Waals surface area contributed by atoms with E-state index in [2.05, 4.69) is 4.98 Å². The number of hydrogen-bond donors (Lipinski definition) is 1. The van der Waals surface area contributed by atoms with Crippen LogP contribution in [0.25, 0.3) is 0 Å². The molecule has 0 bridgehead atoms. The second-order valence-electron chi connectivity index (χ2n) is 6.59. The Balaban J connectivity index is 1.64. The molecular weight excluding hydrogens is 262 g/mol. The molecule has 0 radical (unpaired) electrons. The Hall–Kier alpha value is -1.42. The van der Waals surface area contributed by atoms with Crippen molar-refractivity contribution >= 4 is 5.91 Å². The van der Waals surface area contributed by atoms with Crippen molar-refractivity contribution in [3.8, 4) is 0 Å². The normalized spacial score (nSPS) is 21.5. The van der Waals surface area contributed by atoms with Crippen LogP contribution in [0.4, 0.5) is 0 Å². The van der Waals surface area contributed by atoms with E-state index in [0.717, 1.165) is 24.3 Å². The van der Waals surface area contributed by atoms with Gasteiger partial charge < -0.3 is 10.6 Å². The summed E-state index contributed by atoms with van der Waals surface area (Å²) in [5.74, 6) is 0.137. The van der Waals surface area contributed by atoms with E-state index < -0.39 is 0 Å². The van der Waals surface area contributed by atoms with Gasteiger partial charge in [0.2, 0.25) is 0 Å². The molecule has 4 nitrogen and oxygen atoms in total. The minimum atomic E-state index is 0.137. The van der Waals surface area contributed by atoms with Gasteiger partial charge in [-0.2, -0.15) is 0 Å². The van der Waals surface area contributed by atoms with Crippen LogP contribution in [0.2, 0.25) is 0 Å². The van der Waals surface area contributed by atoms with Crippen LogP contribution >= 0.6 is 0 Å². The summed E-state index contributed by atoms with van der Waals surface area (Å²) < 4.78 is 0. The van der Waals surface area contributed by atoms with Gasteiger partial charge in [0.05, 0.1) is 5.69 Å². The van der Waals surface area contributed by atoms with Gasteiger partial charge in [-0.05, 0) is 43.2 Å². The standard InChI is InChI=1S/C17H25N3O/c18-13-15-12-14(4-9-19-15)16(21)20-10-7-17(8-11-20)5-2-1-3-6-17/h4,9,12H,1-3,5-8,10-11,13,18H2. The van der Waals surface area contributed by atoms with Gasteiger partial charge in [-0.1, -0.05) is 19.3 Å². The number of likely N-dealkylation sites (tertiary alicyclic amines) is 1. The van der Waals surface area contributed by atoms with Crippen LogP contribution in [0.3, 0.4) is 0 Å². The van der Waals surface area contributed by atoms with Gasteiger partial charge in [-0.25, -0.2) is 0 Å². The van der Waals surface area contributed by atoms with Crippen molar-refractivity contribution < 1.29 is 4.79 Å². The van der Waals surface area contributed by atoms with Gasteiger partial charge in [0.1, 0.15) is 0 Å². The molecular formula is C17H25N3O. The minimum Gasteiger partial charge on any atom is -0.339 e. The molecule has 21 heavy (non-hydrogen) atoms. The number of aromatic nitrogens is 1. The van der Waals surface area contributed by atoms with E-state index in [1.165, 1.54) is 44.9 Å². The van der Waals surface area contributed by atoms with Gasteiger partial charge in [-0.15, -0.1) is 0 Å². The highest BCUT2D eigenvalue weighted by Crippen LogP contribution is 2.44. The summed E-state index contributed by atoms with van der Waals surface area (Å²) in [7, 11) is 0. The summed E-state index contributed by atoms with van der Waals surface area (Å²) in [6.45, 7) is 2.18. The third-order valence-corrected chi connectivity index (χ3v) is 5.30. The van der Waals surface area contributed by atoms with Gasteiger partial charge in [0.15, 0.2) is 0 Å². The smallest absolute Gasteiger partial charge is 0.253 e. The Bertz CT molecular complexity index is 499. The number of carbonyl (C=O) groups is 1. The maximum Gasteiger partial charge on any atom is 0.253 e. The molecule has 1 saturated carbocycles. The molecule has 1 amide bonds. The van der Waals surface area contributed by atoms with E-state index in [1.54, 1.807) is 12.3 Å². The van der Waals surface area contributed by atoms with Gasteiger partial charge >= 0.3 is 0 Å². The number of rotatable bonds is 2. The molecule has 1 saturated heterocycles. The van der Waals surface area contributed by atoms with Crippen LogP contribution in [-0.2, 0) is 6.54 Å². The van der Waals surface area contributed by atoms with Crippen LogP contribution in [0, 0.1) is 5.41 Å². The quantitative estimate of drug-likeness (QED) is 0.910. The average molecular weight is 287 g/mol. The maximum atomic E-state index is 12.6. The highest BCUT2D eigenvalue weighted by Gasteiger charge is 2.36. The first-order valence-electron chi connectivity index (χ1n) is 8.17. The number of piperidine rings is 1. The second-order valence-corrected chi connectivity index (χ2v) is 6.59. The molecule has 114 valence electrons. The average Bonchev–Trinajstić information content (AvgIpc) is 2.56. The van der Waals surface area contributed by atoms with Crippen LogP contribution < -0.4 is 5.73 Å². The minimum absolute atomic E-state index is 0.137. The second kappa shape index (κ2) is 6.14. The monoisotopic (exact) mass is 287 g/mol. The van der Waals surface area contributed by atoms with Crippen LogP contribution in [0.15, 0.2) is 18.3 Å². The zero-order valence-electron chi connectivity index (χ0n) is 12.7. The summed E-state index contributed by atoms with van der Waals surface area (Å²) in [6, 6.07) is 3.62. The number of nitrogens with two attached hydrogens (primary N) is 1. The van der Waals surface area contributed by atoms with Crippen LogP contribution in [0.1, 0.15) is 61.0 Å². The van der Waals surface area contributed by atoms with Crippen molar-refractivity contribution in [2.45, 2.75) is 51.5 Å². The molecule has 2 fully saturated rings. The fourth-order valence-electron chi connectivity index (χ4n) is 3.89. The topological polar surface area (TPSA) is 59.2 Å². The molecule has 4 heteroatoms. The Kier molecular flexibility index (Phi) is 4.24. The summed E-state index contributed by atoms with van der Waals surface area (Å²) in [4.78, 5) is 18.8. The summed E-state index contributed by atoms with van der Waals surface area (Å²) >= 11 is 0. The first-order valence-corrected chi connectivity index (χ1v) is 8.17. The predicted octanol–water partition coefficient (Wildman–Crippen LogP) is 2.73. The van der Waals surface area contributed by atoms with Crippen molar-refractivity contribution in [1.29, 1.82) is 0 Å². The fourth-order valence-corrected chi connectivity index (χ4v) is 3.89. The van der Waals surface area contributed by atoms with Gasteiger partial charge in [-0.3, -0.25) is 9.78 Å².